The van der Waals surface area contributed by atoms with E-state index in [1.807, 2.05) is 59.8 Å². The van der Waals surface area contributed by atoms with Crippen LogP contribution in [0.1, 0.15) is 10.5 Å². The van der Waals surface area contributed by atoms with Crippen LogP contribution in [0.4, 0.5) is 0 Å². The minimum atomic E-state index is 0.0194. The molecule has 0 fully saturated rings. The number of hydrogen-bond donors (Lipinski definition) is 1. The number of H-pyrrole nitrogens is 1. The summed E-state index contributed by atoms with van der Waals surface area (Å²) in [4.78, 5) is 7.48. The molecular weight excluding hydrogens is 340 g/mol. The van der Waals surface area contributed by atoms with Crippen molar-refractivity contribution in [2.24, 2.45) is 0 Å². The van der Waals surface area contributed by atoms with Gasteiger partial charge in [-0.25, -0.2) is 4.98 Å². The van der Waals surface area contributed by atoms with Crippen LogP contribution in [0.5, 0.6) is 0 Å². The Labute approximate surface area is 135 Å². The number of pyridine rings is 1. The van der Waals surface area contributed by atoms with Gasteiger partial charge in [-0.05, 0) is 23.3 Å². The van der Waals surface area contributed by atoms with Crippen molar-refractivity contribution in [1.82, 2.24) is 19.7 Å². The van der Waals surface area contributed by atoms with E-state index in [9.17, 15) is 0 Å². The maximum Gasteiger partial charge on any atom is 0.137 e. The van der Waals surface area contributed by atoms with E-state index < -0.39 is 0 Å². The highest BCUT2D eigenvalue weighted by Gasteiger charge is 2.13. The van der Waals surface area contributed by atoms with Crippen molar-refractivity contribution in [2.75, 3.05) is 0 Å². The zero-order valence-electron chi connectivity index (χ0n) is 11.6. The summed E-state index contributed by atoms with van der Waals surface area (Å²) in [6.07, 6.45) is 7.66. The number of aromatic nitrogens is 4. The summed E-state index contributed by atoms with van der Waals surface area (Å²) in [6, 6.07) is 14.3. The number of halogens is 1. The normalized spacial score (nSPS) is 12.6. The van der Waals surface area contributed by atoms with Crippen molar-refractivity contribution in [1.29, 1.82) is 0 Å². The molecule has 0 saturated heterocycles. The number of aromatic amines is 1. The predicted octanol–water partition coefficient (Wildman–Crippen LogP) is 4.37. The molecule has 3 heterocycles. The minimum Gasteiger partial charge on any atom is -0.346 e. The Morgan fingerprint density at radius 2 is 1.95 bits per heavy atom. The molecule has 3 aromatic heterocycles. The SMILES string of the molecule is BrC(c1ccccc1)n1cc(-c2ccnc3[nH]ccc23)cn1. The molecule has 0 amide bonds. The molecule has 0 bridgehead atoms. The van der Waals surface area contributed by atoms with Gasteiger partial charge in [-0.2, -0.15) is 5.10 Å². The topological polar surface area (TPSA) is 46.5 Å². The van der Waals surface area contributed by atoms with Crippen LogP contribution in [0.2, 0.25) is 0 Å². The van der Waals surface area contributed by atoms with E-state index in [0.29, 0.717) is 0 Å². The Hall–Kier alpha value is -2.40. The highest BCUT2D eigenvalue weighted by atomic mass is 79.9. The molecule has 0 aliphatic heterocycles. The summed E-state index contributed by atoms with van der Waals surface area (Å²) < 4.78 is 1.92. The van der Waals surface area contributed by atoms with E-state index in [-0.39, 0.29) is 4.95 Å². The molecule has 1 atom stereocenters. The lowest BCUT2D eigenvalue weighted by molar-refractivity contribution is 0.680. The lowest BCUT2D eigenvalue weighted by Gasteiger charge is -2.10. The second-order valence-electron chi connectivity index (χ2n) is 5.05. The molecule has 1 aromatic carbocycles. The predicted molar refractivity (Wildman–Crippen MR) is 90.8 cm³/mol. The van der Waals surface area contributed by atoms with Crippen LogP contribution in [-0.4, -0.2) is 19.7 Å². The number of benzene rings is 1. The zero-order valence-corrected chi connectivity index (χ0v) is 13.2. The van der Waals surface area contributed by atoms with Crippen molar-refractivity contribution in [3.8, 4) is 11.1 Å². The number of nitrogens with zero attached hydrogens (tertiary/aromatic N) is 3. The van der Waals surface area contributed by atoms with Crippen LogP contribution in [0, 0.1) is 0 Å². The maximum atomic E-state index is 4.50. The fourth-order valence-electron chi connectivity index (χ4n) is 2.58. The maximum absolute atomic E-state index is 4.50. The average molecular weight is 353 g/mol. The van der Waals surface area contributed by atoms with Crippen LogP contribution in [0.25, 0.3) is 22.2 Å². The Kier molecular flexibility index (Phi) is 3.27. The van der Waals surface area contributed by atoms with Gasteiger partial charge in [0.15, 0.2) is 0 Å². The first-order valence-electron chi connectivity index (χ1n) is 6.98. The highest BCUT2D eigenvalue weighted by Crippen LogP contribution is 2.30. The third-order valence-corrected chi connectivity index (χ3v) is 4.63. The van der Waals surface area contributed by atoms with E-state index in [0.717, 1.165) is 22.2 Å². The van der Waals surface area contributed by atoms with Gasteiger partial charge < -0.3 is 4.98 Å². The van der Waals surface area contributed by atoms with Gasteiger partial charge in [0.1, 0.15) is 10.6 Å². The first-order chi connectivity index (χ1) is 10.8. The monoisotopic (exact) mass is 352 g/mol. The smallest absolute Gasteiger partial charge is 0.137 e. The minimum absolute atomic E-state index is 0.0194. The summed E-state index contributed by atoms with van der Waals surface area (Å²) in [6.45, 7) is 0. The lowest BCUT2D eigenvalue weighted by Crippen LogP contribution is -2.03. The van der Waals surface area contributed by atoms with Crippen molar-refractivity contribution in [2.45, 2.75) is 4.95 Å². The molecule has 4 aromatic rings. The first-order valence-corrected chi connectivity index (χ1v) is 7.90. The average Bonchev–Trinajstić information content (AvgIpc) is 3.24. The summed E-state index contributed by atoms with van der Waals surface area (Å²) >= 11 is 3.70. The Morgan fingerprint density at radius 3 is 2.82 bits per heavy atom. The van der Waals surface area contributed by atoms with Crippen LogP contribution in [0.3, 0.4) is 0 Å². The van der Waals surface area contributed by atoms with Gasteiger partial charge in [-0.15, -0.1) is 0 Å². The standard InChI is InChI=1S/C17H13BrN4/c18-16(12-4-2-1-3-5-12)22-11-13(10-21-22)14-6-8-19-17-15(14)7-9-20-17/h1-11,16H,(H,19,20). The molecule has 5 heteroatoms. The summed E-state index contributed by atoms with van der Waals surface area (Å²) in [5.41, 5.74) is 4.26. The largest absolute Gasteiger partial charge is 0.346 e. The van der Waals surface area contributed by atoms with E-state index in [1.165, 1.54) is 5.56 Å². The van der Waals surface area contributed by atoms with Crippen molar-refractivity contribution in [3.63, 3.8) is 0 Å². The molecule has 0 spiro atoms. The molecule has 1 unspecified atom stereocenters. The number of fused-ring (bicyclic) bond motifs is 1. The number of rotatable bonds is 3. The highest BCUT2D eigenvalue weighted by molar-refractivity contribution is 9.09. The van der Waals surface area contributed by atoms with Gasteiger partial charge in [-0.1, -0.05) is 46.3 Å². The fourth-order valence-corrected chi connectivity index (χ4v) is 3.11. The molecule has 0 aliphatic rings. The molecule has 1 N–H and O–H groups in total. The van der Waals surface area contributed by atoms with Crippen LogP contribution in [-0.2, 0) is 0 Å². The molecule has 0 radical (unpaired) electrons. The third kappa shape index (κ3) is 2.23. The molecule has 4 rings (SSSR count). The summed E-state index contributed by atoms with van der Waals surface area (Å²) in [5.74, 6) is 0. The number of nitrogens with one attached hydrogen (secondary N) is 1. The zero-order chi connectivity index (χ0) is 14.9. The molecule has 0 aliphatic carbocycles. The van der Waals surface area contributed by atoms with Gasteiger partial charge >= 0.3 is 0 Å². The second kappa shape index (κ2) is 5.42. The van der Waals surface area contributed by atoms with Crippen LogP contribution >= 0.6 is 15.9 Å². The van der Waals surface area contributed by atoms with E-state index >= 15 is 0 Å². The van der Waals surface area contributed by atoms with E-state index in [4.69, 9.17) is 0 Å². The van der Waals surface area contributed by atoms with Gasteiger partial charge in [0.2, 0.25) is 0 Å². The summed E-state index contributed by atoms with van der Waals surface area (Å²) in [7, 11) is 0. The third-order valence-electron chi connectivity index (χ3n) is 3.68. The van der Waals surface area contributed by atoms with Gasteiger partial charge in [0.05, 0.1) is 6.20 Å². The Morgan fingerprint density at radius 1 is 1.09 bits per heavy atom. The quantitative estimate of drug-likeness (QED) is 0.556. The van der Waals surface area contributed by atoms with Crippen molar-refractivity contribution >= 4 is 27.0 Å². The van der Waals surface area contributed by atoms with Crippen molar-refractivity contribution < 1.29 is 0 Å². The Bertz CT molecular complexity index is 910. The van der Waals surface area contributed by atoms with Gasteiger partial charge in [0.25, 0.3) is 0 Å². The van der Waals surface area contributed by atoms with Gasteiger partial charge in [-0.3, -0.25) is 4.68 Å². The second-order valence-corrected chi connectivity index (χ2v) is 5.92. The van der Waals surface area contributed by atoms with Crippen LogP contribution in [0.15, 0.2) is 67.3 Å². The fraction of sp³-hybridized carbons (Fsp3) is 0.0588. The van der Waals surface area contributed by atoms with E-state index in [1.54, 1.807) is 0 Å². The molecular formula is C17H13BrN4. The Balaban J connectivity index is 1.74. The van der Waals surface area contributed by atoms with E-state index in [2.05, 4.69) is 43.1 Å². The number of hydrogen-bond acceptors (Lipinski definition) is 2. The number of alkyl halides is 1. The molecule has 4 nitrogen and oxygen atoms in total. The van der Waals surface area contributed by atoms with Gasteiger partial charge in [0, 0.05) is 29.5 Å². The molecule has 108 valence electrons. The molecule has 22 heavy (non-hydrogen) atoms. The lowest BCUT2D eigenvalue weighted by atomic mass is 10.1. The van der Waals surface area contributed by atoms with Crippen LogP contribution < -0.4 is 0 Å². The van der Waals surface area contributed by atoms with Crippen molar-refractivity contribution in [3.05, 3.63) is 72.8 Å². The molecule has 0 saturated carbocycles. The first kappa shape index (κ1) is 13.3. The summed E-state index contributed by atoms with van der Waals surface area (Å²) in [5, 5.41) is 5.60.